The van der Waals surface area contributed by atoms with E-state index in [1.54, 1.807) is 66.4 Å². The van der Waals surface area contributed by atoms with E-state index in [2.05, 4.69) is 5.32 Å². The summed E-state index contributed by atoms with van der Waals surface area (Å²) in [6.07, 6.45) is 0.593. The predicted molar refractivity (Wildman–Crippen MR) is 167 cm³/mol. The van der Waals surface area contributed by atoms with Crippen LogP contribution in [0.5, 0.6) is 5.75 Å². The molecule has 3 amide bonds. The number of carbonyl (C=O) groups excluding carboxylic acids is 3. The molecule has 0 bridgehead atoms. The maximum Gasteiger partial charge on any atom is 0.258 e. The van der Waals surface area contributed by atoms with Crippen molar-refractivity contribution in [1.29, 1.82) is 0 Å². The summed E-state index contributed by atoms with van der Waals surface area (Å²) >= 11 is 0. The minimum Gasteiger partial charge on any atom is -0.490 e. The van der Waals surface area contributed by atoms with Crippen LogP contribution in [0.3, 0.4) is 0 Å². The van der Waals surface area contributed by atoms with E-state index in [9.17, 15) is 18.8 Å². The Labute approximate surface area is 250 Å². The largest absolute Gasteiger partial charge is 0.490 e. The number of amides is 3. The number of benzene rings is 4. The molecule has 3 N–H and O–H groups in total. The Hall–Kier alpha value is -4.92. The Bertz CT molecular complexity index is 1640. The number of ether oxygens (including phenoxy) is 1. The third kappa shape index (κ3) is 6.16. The monoisotopic (exact) mass is 582 g/mol. The highest BCUT2D eigenvalue weighted by molar-refractivity contribution is 6.13. The van der Waals surface area contributed by atoms with E-state index < -0.39 is 12.7 Å². The topological polar surface area (TPSA) is 105 Å². The molecule has 4 aromatic carbocycles. The summed E-state index contributed by atoms with van der Waals surface area (Å²) in [4.78, 5) is 44.6. The number of para-hydroxylation sites is 2. The molecule has 0 saturated heterocycles. The average molecular weight is 583 g/mol. The highest BCUT2D eigenvalue weighted by Crippen LogP contribution is 2.37. The number of nitrogens with one attached hydrogen (secondary N) is 1. The molecule has 0 aromatic heterocycles. The number of alkyl halides is 1. The molecule has 9 heteroatoms. The predicted octanol–water partition coefficient (Wildman–Crippen LogP) is 5.49. The lowest BCUT2D eigenvalue weighted by molar-refractivity contribution is -0.129. The number of hydrogen-bond acceptors (Lipinski definition) is 5. The molecular formula is C34H35FN4O4. The lowest BCUT2D eigenvalue weighted by atomic mass is 10.0. The van der Waals surface area contributed by atoms with Crippen LogP contribution < -0.4 is 25.6 Å². The summed E-state index contributed by atoms with van der Waals surface area (Å²) in [5.41, 5.74) is 8.49. The van der Waals surface area contributed by atoms with Gasteiger partial charge in [0.2, 0.25) is 5.91 Å². The quantitative estimate of drug-likeness (QED) is 0.254. The number of carbonyl (C=O) groups is 3. The number of halogens is 1. The van der Waals surface area contributed by atoms with Gasteiger partial charge in [-0.05, 0) is 59.7 Å². The fraction of sp³-hybridized carbons (Fsp3) is 0.265. The van der Waals surface area contributed by atoms with Gasteiger partial charge in [0.25, 0.3) is 11.8 Å². The molecule has 4 aromatic rings. The van der Waals surface area contributed by atoms with Gasteiger partial charge in [-0.1, -0.05) is 56.3 Å². The van der Waals surface area contributed by atoms with Crippen LogP contribution in [-0.4, -0.2) is 43.6 Å². The van der Waals surface area contributed by atoms with Crippen LogP contribution in [0.15, 0.2) is 84.9 Å². The fourth-order valence-corrected chi connectivity index (χ4v) is 5.25. The summed E-state index contributed by atoms with van der Waals surface area (Å²) in [6.45, 7) is 2.90. The van der Waals surface area contributed by atoms with Crippen molar-refractivity contribution >= 4 is 45.6 Å². The zero-order valence-corrected chi connectivity index (χ0v) is 24.3. The molecule has 8 nitrogen and oxygen atoms in total. The molecule has 0 fully saturated rings. The van der Waals surface area contributed by atoms with Gasteiger partial charge in [0.15, 0.2) is 0 Å². The highest BCUT2D eigenvalue weighted by atomic mass is 19.1. The normalized spacial score (nSPS) is 15.5. The van der Waals surface area contributed by atoms with E-state index >= 15 is 0 Å². The number of nitrogen functional groups attached to an aromatic ring is 1. The molecule has 0 aliphatic carbocycles. The van der Waals surface area contributed by atoms with Crippen molar-refractivity contribution in [2.75, 3.05) is 35.4 Å². The van der Waals surface area contributed by atoms with E-state index in [1.165, 1.54) is 4.90 Å². The maximum absolute atomic E-state index is 14.4. The van der Waals surface area contributed by atoms with Crippen LogP contribution >= 0.6 is 0 Å². The Morgan fingerprint density at radius 3 is 2.42 bits per heavy atom. The molecule has 1 aliphatic heterocycles. The van der Waals surface area contributed by atoms with Crippen molar-refractivity contribution in [2.24, 2.45) is 5.92 Å². The van der Waals surface area contributed by atoms with Crippen LogP contribution in [0, 0.1) is 5.92 Å². The number of fused-ring (bicyclic) bond motifs is 2. The number of anilines is 3. The van der Waals surface area contributed by atoms with Gasteiger partial charge in [0, 0.05) is 22.7 Å². The Morgan fingerprint density at radius 1 is 1.00 bits per heavy atom. The Morgan fingerprint density at radius 2 is 1.70 bits per heavy atom. The molecule has 0 spiro atoms. The van der Waals surface area contributed by atoms with E-state index in [4.69, 9.17) is 10.5 Å². The zero-order valence-electron chi connectivity index (χ0n) is 24.3. The van der Waals surface area contributed by atoms with Crippen molar-refractivity contribution < 1.29 is 23.5 Å². The van der Waals surface area contributed by atoms with Crippen LogP contribution in [0.1, 0.15) is 36.2 Å². The van der Waals surface area contributed by atoms with E-state index in [1.807, 2.05) is 37.3 Å². The van der Waals surface area contributed by atoms with Gasteiger partial charge in [0.05, 0.1) is 24.5 Å². The summed E-state index contributed by atoms with van der Waals surface area (Å²) < 4.78 is 19.0. The first kappa shape index (κ1) is 29.6. The van der Waals surface area contributed by atoms with E-state index in [0.29, 0.717) is 40.4 Å². The lowest BCUT2D eigenvalue weighted by Gasteiger charge is -2.27. The number of rotatable bonds is 9. The maximum atomic E-state index is 14.4. The fourth-order valence-electron chi connectivity index (χ4n) is 5.25. The molecule has 1 heterocycles. The second kappa shape index (κ2) is 12.9. The van der Waals surface area contributed by atoms with E-state index in [0.717, 1.165) is 10.8 Å². The number of nitrogens with zero attached hydrogens (tertiary/aromatic N) is 2. The van der Waals surface area contributed by atoms with Crippen LogP contribution in [0.25, 0.3) is 10.8 Å². The smallest absolute Gasteiger partial charge is 0.258 e. The third-order valence-electron chi connectivity index (χ3n) is 7.82. The first-order chi connectivity index (χ1) is 20.8. The van der Waals surface area contributed by atoms with Gasteiger partial charge in [0.1, 0.15) is 25.1 Å². The summed E-state index contributed by atoms with van der Waals surface area (Å²) in [7, 11) is 0. The lowest BCUT2D eigenvalue weighted by Crippen LogP contribution is -2.53. The molecule has 0 radical (unpaired) electrons. The SMILES string of the molecule is CC[C@@H](C)C(=O)N[C@H]1CN(C(=O)c2ccc(N)cc2)c2ccccc2N(Cc2c(OCCF)ccc3ccccc23)C1=O. The third-order valence-corrected chi connectivity index (χ3v) is 7.82. The standard InChI is InChI=1S/C34H35FN4O4/c1-3-22(2)32(40)37-28-21-39(33(41)24-12-15-25(36)16-13-24)30-11-7-6-10-29(30)38(34(28)42)20-27-26-9-5-4-8-23(26)14-17-31(27)43-19-18-35/h4-17,22,28H,3,18-21,36H2,1-2H3,(H,37,40)/t22-,28+/m1/s1. The molecule has 0 unspecified atom stereocenters. The van der Waals surface area contributed by atoms with Crippen molar-refractivity contribution in [2.45, 2.75) is 32.9 Å². The summed E-state index contributed by atoms with van der Waals surface area (Å²) in [6, 6.07) is 24.1. The minimum atomic E-state index is -1.03. The number of nitrogens with two attached hydrogens (primary N) is 1. The van der Waals surface area contributed by atoms with Crippen LogP contribution in [0.2, 0.25) is 0 Å². The molecule has 2 atom stereocenters. The van der Waals surface area contributed by atoms with Gasteiger partial charge < -0.3 is 25.6 Å². The molecule has 1 aliphatic rings. The first-order valence-electron chi connectivity index (χ1n) is 14.4. The van der Waals surface area contributed by atoms with Gasteiger partial charge in [-0.15, -0.1) is 0 Å². The van der Waals surface area contributed by atoms with E-state index in [-0.39, 0.29) is 43.3 Å². The molecule has 0 saturated carbocycles. The molecular weight excluding hydrogens is 547 g/mol. The minimum absolute atomic E-state index is 0.0679. The molecule has 222 valence electrons. The van der Waals surface area contributed by atoms with Crippen molar-refractivity contribution in [3.63, 3.8) is 0 Å². The van der Waals surface area contributed by atoms with Gasteiger partial charge in [-0.25, -0.2) is 4.39 Å². The molecule has 5 rings (SSSR count). The van der Waals surface area contributed by atoms with Crippen LogP contribution in [0.4, 0.5) is 21.5 Å². The van der Waals surface area contributed by atoms with Crippen LogP contribution in [-0.2, 0) is 16.1 Å². The molecule has 43 heavy (non-hydrogen) atoms. The zero-order chi connectivity index (χ0) is 30.5. The van der Waals surface area contributed by atoms with Gasteiger partial charge in [-0.2, -0.15) is 0 Å². The summed E-state index contributed by atoms with van der Waals surface area (Å²) in [5.74, 6) is -0.848. The van der Waals surface area contributed by atoms with Gasteiger partial charge >= 0.3 is 0 Å². The first-order valence-corrected chi connectivity index (χ1v) is 14.4. The summed E-state index contributed by atoms with van der Waals surface area (Å²) in [5, 5.41) is 4.70. The Kier molecular flexibility index (Phi) is 8.90. The van der Waals surface area contributed by atoms with Crippen molar-refractivity contribution in [3.8, 4) is 5.75 Å². The number of hydrogen-bond donors (Lipinski definition) is 2. The van der Waals surface area contributed by atoms with Crippen molar-refractivity contribution in [3.05, 3.63) is 96.1 Å². The average Bonchev–Trinajstić information content (AvgIpc) is 3.14. The second-order valence-corrected chi connectivity index (χ2v) is 10.6. The van der Waals surface area contributed by atoms with Gasteiger partial charge in [-0.3, -0.25) is 14.4 Å². The second-order valence-electron chi connectivity index (χ2n) is 10.6. The van der Waals surface area contributed by atoms with Crippen molar-refractivity contribution in [1.82, 2.24) is 5.32 Å². The highest BCUT2D eigenvalue weighted by Gasteiger charge is 2.38. The Balaban J connectivity index is 1.64.